The molecule has 0 heterocycles. The van der Waals surface area contributed by atoms with Gasteiger partial charge in [0.05, 0.1) is 20.8 Å². The summed E-state index contributed by atoms with van der Waals surface area (Å²) in [5.41, 5.74) is 0.534. The molecule has 0 unspecified atom stereocenters. The largest absolute Gasteiger partial charge is 0.493 e. The molecule has 0 saturated carbocycles. The van der Waals surface area contributed by atoms with E-state index in [0.29, 0.717) is 17.1 Å². The first kappa shape index (κ1) is 13.6. The Balaban J connectivity index is 3.08. The van der Waals surface area contributed by atoms with Gasteiger partial charge in [0.25, 0.3) is 0 Å². The van der Waals surface area contributed by atoms with Crippen LogP contribution in [-0.4, -0.2) is 26.8 Å². The Bertz CT molecular complexity index is 392. The Morgan fingerprint density at radius 3 is 2.59 bits per heavy atom. The van der Waals surface area contributed by atoms with Crippen LogP contribution in [0.15, 0.2) is 18.2 Å². The minimum atomic E-state index is -0.903. The molecule has 17 heavy (non-hydrogen) atoms. The van der Waals surface area contributed by atoms with Gasteiger partial charge in [-0.25, -0.2) is 0 Å². The van der Waals surface area contributed by atoms with Crippen LogP contribution in [0.2, 0.25) is 0 Å². The maximum Gasteiger partial charge on any atom is 0.328 e. The zero-order chi connectivity index (χ0) is 12.8. The van der Waals surface area contributed by atoms with E-state index in [2.05, 4.69) is 0 Å². The van der Waals surface area contributed by atoms with E-state index >= 15 is 0 Å². The minimum Gasteiger partial charge on any atom is -0.493 e. The van der Waals surface area contributed by atoms with E-state index in [-0.39, 0.29) is 6.61 Å². The van der Waals surface area contributed by atoms with Crippen molar-refractivity contribution in [3.8, 4) is 11.5 Å². The molecule has 0 bridgehead atoms. The molecule has 1 rings (SSSR count). The highest BCUT2D eigenvalue weighted by Gasteiger charge is 2.24. The monoisotopic (exact) mass is 258 g/mol. The SMILES string of the molecule is CCOC(=O)[C@H](Cl)c1cccc(OC)c1OC. The third-order valence-electron chi connectivity index (χ3n) is 2.20. The van der Waals surface area contributed by atoms with Crippen LogP contribution >= 0.6 is 11.6 Å². The molecule has 1 aromatic carbocycles. The number of para-hydroxylation sites is 1. The van der Waals surface area contributed by atoms with Crippen molar-refractivity contribution >= 4 is 17.6 Å². The smallest absolute Gasteiger partial charge is 0.328 e. The third-order valence-corrected chi connectivity index (χ3v) is 2.61. The molecule has 0 aliphatic carbocycles. The number of hydrogen-bond donors (Lipinski definition) is 0. The van der Waals surface area contributed by atoms with Gasteiger partial charge >= 0.3 is 5.97 Å². The van der Waals surface area contributed by atoms with Crippen molar-refractivity contribution in [2.24, 2.45) is 0 Å². The maximum atomic E-state index is 11.6. The van der Waals surface area contributed by atoms with Gasteiger partial charge in [0.15, 0.2) is 16.9 Å². The lowest BCUT2D eigenvalue weighted by atomic mass is 10.1. The lowest BCUT2D eigenvalue weighted by Gasteiger charge is -2.15. The van der Waals surface area contributed by atoms with E-state index < -0.39 is 11.3 Å². The Labute approximate surface area is 105 Å². The zero-order valence-corrected chi connectivity index (χ0v) is 10.8. The molecule has 4 nitrogen and oxygen atoms in total. The first-order chi connectivity index (χ1) is 8.15. The van der Waals surface area contributed by atoms with Gasteiger partial charge in [0.1, 0.15) is 0 Å². The molecule has 1 aromatic rings. The average molecular weight is 259 g/mol. The molecule has 0 N–H and O–H groups in total. The van der Waals surface area contributed by atoms with Gasteiger partial charge in [0.2, 0.25) is 0 Å². The highest BCUT2D eigenvalue weighted by molar-refractivity contribution is 6.30. The van der Waals surface area contributed by atoms with Crippen molar-refractivity contribution in [2.45, 2.75) is 12.3 Å². The molecular formula is C12H15ClO4. The van der Waals surface area contributed by atoms with Gasteiger partial charge in [-0.1, -0.05) is 12.1 Å². The van der Waals surface area contributed by atoms with Crippen molar-refractivity contribution in [3.63, 3.8) is 0 Å². The first-order valence-electron chi connectivity index (χ1n) is 5.17. The van der Waals surface area contributed by atoms with Crippen molar-refractivity contribution < 1.29 is 19.0 Å². The molecule has 0 amide bonds. The van der Waals surface area contributed by atoms with Crippen molar-refractivity contribution in [1.82, 2.24) is 0 Å². The number of ether oxygens (including phenoxy) is 3. The Hall–Kier alpha value is -1.42. The minimum absolute atomic E-state index is 0.286. The van der Waals surface area contributed by atoms with Crippen LogP contribution in [0.4, 0.5) is 0 Å². The summed E-state index contributed by atoms with van der Waals surface area (Å²) in [6, 6.07) is 5.18. The first-order valence-corrected chi connectivity index (χ1v) is 5.60. The molecule has 1 atom stereocenters. The van der Waals surface area contributed by atoms with Gasteiger partial charge in [-0.3, -0.25) is 4.79 Å². The number of halogens is 1. The lowest BCUT2D eigenvalue weighted by Crippen LogP contribution is -2.12. The fraction of sp³-hybridized carbons (Fsp3) is 0.417. The molecule has 0 aliphatic rings. The topological polar surface area (TPSA) is 44.8 Å². The molecule has 0 spiro atoms. The summed E-state index contributed by atoms with van der Waals surface area (Å²) in [4.78, 5) is 11.6. The molecule has 0 saturated heterocycles. The number of esters is 1. The number of benzene rings is 1. The Morgan fingerprint density at radius 2 is 2.06 bits per heavy atom. The molecule has 94 valence electrons. The van der Waals surface area contributed by atoms with Crippen LogP contribution < -0.4 is 9.47 Å². The average Bonchev–Trinajstić information content (AvgIpc) is 2.36. The van der Waals surface area contributed by atoms with Crippen LogP contribution in [-0.2, 0) is 9.53 Å². The van der Waals surface area contributed by atoms with Gasteiger partial charge in [-0.2, -0.15) is 0 Å². The molecular weight excluding hydrogens is 244 g/mol. The summed E-state index contributed by atoms with van der Waals surface area (Å²) < 4.78 is 15.2. The van der Waals surface area contributed by atoms with E-state index in [4.69, 9.17) is 25.8 Å². The van der Waals surface area contributed by atoms with Gasteiger partial charge in [-0.15, -0.1) is 11.6 Å². The summed E-state index contributed by atoms with van der Waals surface area (Å²) in [6.45, 7) is 2.01. The van der Waals surface area contributed by atoms with Gasteiger partial charge in [-0.05, 0) is 13.0 Å². The zero-order valence-electron chi connectivity index (χ0n) is 10.0. The van der Waals surface area contributed by atoms with Gasteiger partial charge in [0, 0.05) is 5.56 Å². The number of carbonyl (C=O) groups is 1. The number of hydrogen-bond acceptors (Lipinski definition) is 4. The van der Waals surface area contributed by atoms with E-state index in [9.17, 15) is 4.79 Å². The number of carbonyl (C=O) groups excluding carboxylic acids is 1. The van der Waals surface area contributed by atoms with E-state index in [1.165, 1.54) is 14.2 Å². The second-order valence-electron chi connectivity index (χ2n) is 3.20. The number of rotatable bonds is 5. The van der Waals surface area contributed by atoms with Crippen LogP contribution in [0.1, 0.15) is 17.9 Å². The van der Waals surface area contributed by atoms with Crippen LogP contribution in [0.3, 0.4) is 0 Å². The standard InChI is InChI=1S/C12H15ClO4/c1-4-17-12(14)10(13)8-6-5-7-9(15-2)11(8)16-3/h5-7,10H,4H2,1-3H3/t10-/m1/s1. The van der Waals surface area contributed by atoms with Gasteiger partial charge < -0.3 is 14.2 Å². The fourth-order valence-corrected chi connectivity index (χ4v) is 1.69. The highest BCUT2D eigenvalue weighted by Crippen LogP contribution is 2.37. The summed E-state index contributed by atoms with van der Waals surface area (Å²) in [5.74, 6) is 0.476. The summed E-state index contributed by atoms with van der Waals surface area (Å²) in [7, 11) is 3.02. The summed E-state index contributed by atoms with van der Waals surface area (Å²) in [5, 5.41) is -0.903. The molecule has 0 radical (unpaired) electrons. The predicted molar refractivity (Wildman–Crippen MR) is 64.8 cm³/mol. The van der Waals surface area contributed by atoms with Crippen LogP contribution in [0, 0.1) is 0 Å². The van der Waals surface area contributed by atoms with E-state index in [1.807, 2.05) is 0 Å². The Kier molecular flexibility index (Phi) is 5.10. The predicted octanol–water partition coefficient (Wildman–Crippen LogP) is 2.55. The third kappa shape index (κ3) is 3.03. The molecule has 0 aliphatic heterocycles. The second kappa shape index (κ2) is 6.35. The van der Waals surface area contributed by atoms with E-state index in [1.54, 1.807) is 25.1 Å². The summed E-state index contributed by atoms with van der Waals surface area (Å²) >= 11 is 6.04. The quantitative estimate of drug-likeness (QED) is 0.601. The maximum absolute atomic E-state index is 11.6. The number of methoxy groups -OCH3 is 2. The number of alkyl halides is 1. The van der Waals surface area contributed by atoms with Crippen molar-refractivity contribution in [1.29, 1.82) is 0 Å². The molecule has 0 aromatic heterocycles. The summed E-state index contributed by atoms with van der Waals surface area (Å²) in [6.07, 6.45) is 0. The normalized spacial score (nSPS) is 11.8. The lowest BCUT2D eigenvalue weighted by molar-refractivity contribution is -0.142. The van der Waals surface area contributed by atoms with E-state index in [0.717, 1.165) is 0 Å². The van der Waals surface area contributed by atoms with Crippen LogP contribution in [0.25, 0.3) is 0 Å². The fourth-order valence-electron chi connectivity index (χ4n) is 1.45. The van der Waals surface area contributed by atoms with Crippen molar-refractivity contribution in [2.75, 3.05) is 20.8 Å². The second-order valence-corrected chi connectivity index (χ2v) is 3.63. The molecule has 0 fully saturated rings. The Morgan fingerprint density at radius 1 is 1.35 bits per heavy atom. The van der Waals surface area contributed by atoms with Crippen molar-refractivity contribution in [3.05, 3.63) is 23.8 Å². The molecule has 5 heteroatoms. The van der Waals surface area contributed by atoms with Crippen LogP contribution in [0.5, 0.6) is 11.5 Å². The highest BCUT2D eigenvalue weighted by atomic mass is 35.5.